The van der Waals surface area contributed by atoms with Crippen LogP contribution in [0.2, 0.25) is 5.02 Å². The summed E-state index contributed by atoms with van der Waals surface area (Å²) in [5.41, 5.74) is 11.0. The van der Waals surface area contributed by atoms with Crippen molar-refractivity contribution in [2.24, 2.45) is 0 Å². The molecule has 1 aromatic carbocycles. The Labute approximate surface area is 96.8 Å². The lowest BCUT2D eigenvalue weighted by molar-refractivity contribution is 0.105. The number of aliphatic hydroxyl groups is 2. The van der Waals surface area contributed by atoms with Crippen LogP contribution < -0.4 is 16.8 Å². The molecule has 1 aromatic rings. The number of hydrogen-bond acceptors (Lipinski definition) is 5. The summed E-state index contributed by atoms with van der Waals surface area (Å²) in [5, 5.41) is 20.0. The average molecular weight is 250 g/mol. The van der Waals surface area contributed by atoms with Gasteiger partial charge in [0, 0.05) is 6.54 Å². The smallest absolute Gasteiger partial charge is 0.169 e. The van der Waals surface area contributed by atoms with E-state index >= 15 is 0 Å². The molecule has 0 fully saturated rings. The SMILES string of the molecule is Nc1cc(N)c(NCC(O)CO)c(F)c1Cl. The van der Waals surface area contributed by atoms with Crippen molar-refractivity contribution < 1.29 is 14.6 Å². The summed E-state index contributed by atoms with van der Waals surface area (Å²) >= 11 is 5.60. The van der Waals surface area contributed by atoms with Crippen LogP contribution in [0.25, 0.3) is 0 Å². The normalized spacial score (nSPS) is 12.5. The van der Waals surface area contributed by atoms with Gasteiger partial charge in [0.05, 0.1) is 29.8 Å². The summed E-state index contributed by atoms with van der Waals surface area (Å²) in [7, 11) is 0. The lowest BCUT2D eigenvalue weighted by atomic mass is 10.2. The molecule has 1 atom stereocenters. The van der Waals surface area contributed by atoms with E-state index in [0.29, 0.717) is 0 Å². The first-order valence-electron chi connectivity index (χ1n) is 4.53. The van der Waals surface area contributed by atoms with Gasteiger partial charge in [0.15, 0.2) is 5.82 Å². The maximum Gasteiger partial charge on any atom is 0.169 e. The van der Waals surface area contributed by atoms with Gasteiger partial charge in [-0.2, -0.15) is 0 Å². The van der Waals surface area contributed by atoms with Gasteiger partial charge in [-0.3, -0.25) is 0 Å². The van der Waals surface area contributed by atoms with Gasteiger partial charge in [-0.05, 0) is 6.07 Å². The molecule has 1 rings (SSSR count). The van der Waals surface area contributed by atoms with E-state index in [-0.39, 0.29) is 28.6 Å². The number of halogens is 2. The number of anilines is 3. The molecule has 0 aromatic heterocycles. The molecule has 1 unspecified atom stereocenters. The van der Waals surface area contributed by atoms with E-state index in [9.17, 15) is 4.39 Å². The first kappa shape index (κ1) is 12.8. The largest absolute Gasteiger partial charge is 0.397 e. The van der Waals surface area contributed by atoms with Crippen LogP contribution in [0.5, 0.6) is 0 Å². The van der Waals surface area contributed by atoms with Crippen molar-refractivity contribution in [2.75, 3.05) is 29.9 Å². The molecule has 0 aliphatic carbocycles. The fourth-order valence-corrected chi connectivity index (χ4v) is 1.28. The fourth-order valence-electron chi connectivity index (χ4n) is 1.13. The second-order valence-corrected chi connectivity index (χ2v) is 3.65. The summed E-state index contributed by atoms with van der Waals surface area (Å²) in [6.45, 7) is -0.477. The maximum atomic E-state index is 13.6. The van der Waals surface area contributed by atoms with Crippen LogP contribution in [-0.4, -0.2) is 29.5 Å². The average Bonchev–Trinajstić information content (AvgIpc) is 2.25. The van der Waals surface area contributed by atoms with Crippen molar-refractivity contribution in [2.45, 2.75) is 6.10 Å². The second-order valence-electron chi connectivity index (χ2n) is 3.28. The zero-order valence-corrected chi connectivity index (χ0v) is 9.13. The van der Waals surface area contributed by atoms with Crippen LogP contribution in [0.3, 0.4) is 0 Å². The lowest BCUT2D eigenvalue weighted by Crippen LogP contribution is -2.23. The predicted molar refractivity (Wildman–Crippen MR) is 61.8 cm³/mol. The molecule has 16 heavy (non-hydrogen) atoms. The Balaban J connectivity index is 2.92. The number of nitrogens with one attached hydrogen (secondary N) is 1. The van der Waals surface area contributed by atoms with Crippen LogP contribution in [0.1, 0.15) is 0 Å². The number of benzene rings is 1. The topological polar surface area (TPSA) is 105 Å². The summed E-state index contributed by atoms with van der Waals surface area (Å²) < 4.78 is 13.6. The highest BCUT2D eigenvalue weighted by atomic mass is 35.5. The fraction of sp³-hybridized carbons (Fsp3) is 0.333. The molecule has 90 valence electrons. The number of nitrogen functional groups attached to an aromatic ring is 2. The predicted octanol–water partition coefficient (Wildman–Crippen LogP) is 0.409. The van der Waals surface area contributed by atoms with E-state index < -0.39 is 18.5 Å². The zero-order chi connectivity index (χ0) is 12.3. The number of hydrogen-bond donors (Lipinski definition) is 5. The second kappa shape index (κ2) is 5.20. The monoisotopic (exact) mass is 249 g/mol. The van der Waals surface area contributed by atoms with Gasteiger partial charge < -0.3 is 27.0 Å². The molecule has 0 aliphatic heterocycles. The molecule has 0 heterocycles. The van der Waals surface area contributed by atoms with Gasteiger partial charge >= 0.3 is 0 Å². The van der Waals surface area contributed by atoms with Crippen LogP contribution in [0.15, 0.2) is 6.07 Å². The molecule has 0 amide bonds. The zero-order valence-electron chi connectivity index (χ0n) is 8.37. The molecule has 0 aliphatic rings. The van der Waals surface area contributed by atoms with Crippen molar-refractivity contribution in [1.29, 1.82) is 0 Å². The molecule has 0 bridgehead atoms. The van der Waals surface area contributed by atoms with Gasteiger partial charge in [-0.25, -0.2) is 4.39 Å². The van der Waals surface area contributed by atoms with Crippen LogP contribution >= 0.6 is 11.6 Å². The van der Waals surface area contributed by atoms with Crippen molar-refractivity contribution in [3.05, 3.63) is 16.9 Å². The van der Waals surface area contributed by atoms with Crippen LogP contribution in [0.4, 0.5) is 21.5 Å². The molecule has 0 radical (unpaired) electrons. The minimum absolute atomic E-state index is 0.0355. The number of rotatable bonds is 4. The molecule has 0 saturated heterocycles. The van der Waals surface area contributed by atoms with Gasteiger partial charge in [-0.1, -0.05) is 11.6 Å². The third-order valence-corrected chi connectivity index (χ3v) is 2.37. The molecular formula is C9H13ClFN3O2. The summed E-state index contributed by atoms with van der Waals surface area (Å²) in [5.74, 6) is -0.774. The standard InChI is InChI=1S/C9H13ClFN3O2/c10-7-5(12)1-6(13)9(8(7)11)14-2-4(16)3-15/h1,4,14-16H,2-3,12-13H2. The molecule has 7 N–H and O–H groups in total. The van der Waals surface area contributed by atoms with Crippen molar-refractivity contribution in [3.8, 4) is 0 Å². The molecule has 0 spiro atoms. The van der Waals surface area contributed by atoms with Gasteiger partial charge in [-0.15, -0.1) is 0 Å². The quantitative estimate of drug-likeness (QED) is 0.497. The Morgan fingerprint density at radius 3 is 2.62 bits per heavy atom. The highest BCUT2D eigenvalue weighted by Crippen LogP contribution is 2.33. The Morgan fingerprint density at radius 2 is 2.06 bits per heavy atom. The van der Waals surface area contributed by atoms with E-state index in [4.69, 9.17) is 33.3 Å². The maximum absolute atomic E-state index is 13.6. The third-order valence-electron chi connectivity index (χ3n) is 1.99. The Morgan fingerprint density at radius 1 is 1.44 bits per heavy atom. The van der Waals surface area contributed by atoms with Gasteiger partial charge in [0.1, 0.15) is 5.02 Å². The summed E-state index contributed by atoms with van der Waals surface area (Å²) in [4.78, 5) is 0. The Bertz CT molecular complexity index is 390. The number of aliphatic hydroxyl groups excluding tert-OH is 2. The molecule has 0 saturated carbocycles. The molecule has 5 nitrogen and oxygen atoms in total. The molecule has 7 heteroatoms. The van der Waals surface area contributed by atoms with Crippen molar-refractivity contribution in [3.63, 3.8) is 0 Å². The summed E-state index contributed by atoms with van der Waals surface area (Å²) in [6, 6.07) is 1.32. The molecular weight excluding hydrogens is 237 g/mol. The number of nitrogens with two attached hydrogens (primary N) is 2. The first-order chi connectivity index (χ1) is 7.47. The van der Waals surface area contributed by atoms with Crippen molar-refractivity contribution in [1.82, 2.24) is 0 Å². The summed E-state index contributed by atoms with van der Waals surface area (Å²) in [6.07, 6.45) is -1.00. The van der Waals surface area contributed by atoms with E-state index in [0.717, 1.165) is 0 Å². The van der Waals surface area contributed by atoms with Gasteiger partial charge in [0.2, 0.25) is 0 Å². The van der Waals surface area contributed by atoms with Crippen LogP contribution in [-0.2, 0) is 0 Å². The van der Waals surface area contributed by atoms with E-state index in [1.54, 1.807) is 0 Å². The Hall–Kier alpha value is -1.24. The van der Waals surface area contributed by atoms with Gasteiger partial charge in [0.25, 0.3) is 0 Å². The first-order valence-corrected chi connectivity index (χ1v) is 4.91. The minimum atomic E-state index is -1.00. The lowest BCUT2D eigenvalue weighted by Gasteiger charge is -2.14. The van der Waals surface area contributed by atoms with E-state index in [1.807, 2.05) is 0 Å². The van der Waals surface area contributed by atoms with Crippen molar-refractivity contribution >= 4 is 28.7 Å². The van der Waals surface area contributed by atoms with Crippen LogP contribution in [0, 0.1) is 5.82 Å². The van der Waals surface area contributed by atoms with E-state index in [2.05, 4.69) is 5.32 Å². The highest BCUT2D eigenvalue weighted by molar-refractivity contribution is 6.33. The Kier molecular flexibility index (Phi) is 4.17. The van der Waals surface area contributed by atoms with E-state index in [1.165, 1.54) is 6.07 Å². The minimum Gasteiger partial charge on any atom is -0.397 e. The highest BCUT2D eigenvalue weighted by Gasteiger charge is 2.14. The third kappa shape index (κ3) is 2.66.